The highest BCUT2D eigenvalue weighted by atomic mass is 32.1. The summed E-state index contributed by atoms with van der Waals surface area (Å²) < 4.78 is 0. The minimum Gasteiger partial charge on any atom is -0.370 e. The third-order valence-corrected chi connectivity index (χ3v) is 3.42. The van der Waals surface area contributed by atoms with Crippen LogP contribution in [0.2, 0.25) is 0 Å². The summed E-state index contributed by atoms with van der Waals surface area (Å²) in [5.41, 5.74) is 5.77. The minimum absolute atomic E-state index is 0.331. The zero-order valence-electron chi connectivity index (χ0n) is 10.1. The lowest BCUT2D eigenvalue weighted by Gasteiger charge is -2.12. The molecular weight excluding hydrogens is 220 g/mol. The zero-order valence-corrected chi connectivity index (χ0v) is 10.9. The molecule has 0 spiro atoms. The molecular formula is C11H20N4S. The Kier molecular flexibility index (Phi) is 5.25. The largest absolute Gasteiger partial charge is 0.370 e. The Hall–Kier alpha value is -1.10. The summed E-state index contributed by atoms with van der Waals surface area (Å²) in [6.45, 7) is 7.00. The second kappa shape index (κ2) is 6.48. The van der Waals surface area contributed by atoms with Crippen LogP contribution in [-0.4, -0.2) is 23.5 Å². The third kappa shape index (κ3) is 4.18. The van der Waals surface area contributed by atoms with Crippen molar-refractivity contribution in [3.8, 4) is 0 Å². The van der Waals surface area contributed by atoms with Gasteiger partial charge in [-0.25, -0.2) is 4.98 Å². The van der Waals surface area contributed by atoms with Crippen molar-refractivity contribution >= 4 is 17.3 Å². The molecule has 0 saturated carbocycles. The van der Waals surface area contributed by atoms with E-state index < -0.39 is 0 Å². The molecule has 0 amide bonds. The van der Waals surface area contributed by atoms with Crippen LogP contribution >= 0.6 is 11.3 Å². The maximum absolute atomic E-state index is 5.77. The zero-order chi connectivity index (χ0) is 12.0. The van der Waals surface area contributed by atoms with Crippen molar-refractivity contribution in [2.24, 2.45) is 10.7 Å². The smallest absolute Gasteiger partial charge is 0.188 e. The number of aromatic nitrogens is 1. The fraction of sp³-hybridized carbons (Fsp3) is 0.636. The quantitative estimate of drug-likeness (QED) is 0.611. The van der Waals surface area contributed by atoms with Gasteiger partial charge in [-0.2, -0.15) is 0 Å². The number of nitrogens with one attached hydrogen (secondary N) is 1. The fourth-order valence-corrected chi connectivity index (χ4v) is 1.88. The summed E-state index contributed by atoms with van der Waals surface area (Å²) in [5, 5.41) is 6.23. The molecule has 1 rings (SSSR count). The van der Waals surface area contributed by atoms with Crippen molar-refractivity contribution in [2.45, 2.75) is 39.2 Å². The van der Waals surface area contributed by atoms with Crippen molar-refractivity contribution < 1.29 is 0 Å². The first-order chi connectivity index (χ1) is 7.63. The molecule has 1 aromatic rings. The van der Waals surface area contributed by atoms with Gasteiger partial charge in [0.2, 0.25) is 0 Å². The van der Waals surface area contributed by atoms with Crippen LogP contribution in [0.1, 0.15) is 38.1 Å². The summed E-state index contributed by atoms with van der Waals surface area (Å²) in [6, 6.07) is 0.374. The van der Waals surface area contributed by atoms with Gasteiger partial charge in [-0.1, -0.05) is 13.8 Å². The van der Waals surface area contributed by atoms with Crippen molar-refractivity contribution in [1.82, 2.24) is 10.3 Å². The molecule has 2 unspecified atom stereocenters. The monoisotopic (exact) mass is 240 g/mol. The molecule has 0 saturated heterocycles. The van der Waals surface area contributed by atoms with Gasteiger partial charge in [-0.15, -0.1) is 11.3 Å². The Morgan fingerprint density at radius 3 is 2.94 bits per heavy atom. The third-order valence-electron chi connectivity index (χ3n) is 2.42. The Balaban J connectivity index is 2.40. The van der Waals surface area contributed by atoms with Gasteiger partial charge in [0.25, 0.3) is 0 Å². The van der Waals surface area contributed by atoms with Crippen LogP contribution in [0.15, 0.2) is 16.6 Å². The highest BCUT2D eigenvalue weighted by Gasteiger charge is 2.07. The molecule has 5 heteroatoms. The van der Waals surface area contributed by atoms with E-state index in [9.17, 15) is 0 Å². The fourth-order valence-electron chi connectivity index (χ4n) is 1.19. The van der Waals surface area contributed by atoms with E-state index in [-0.39, 0.29) is 0 Å². The first-order valence-corrected chi connectivity index (χ1v) is 6.47. The lowest BCUT2D eigenvalue weighted by molar-refractivity contribution is 0.634. The molecule has 0 bridgehead atoms. The van der Waals surface area contributed by atoms with Gasteiger partial charge in [-0.3, -0.25) is 4.99 Å². The van der Waals surface area contributed by atoms with E-state index in [1.165, 1.54) is 0 Å². The number of nitrogens with zero attached hydrogens (tertiary/aromatic N) is 2. The van der Waals surface area contributed by atoms with E-state index >= 15 is 0 Å². The normalized spacial score (nSPS) is 15.8. The van der Waals surface area contributed by atoms with E-state index in [1.807, 2.05) is 11.6 Å². The van der Waals surface area contributed by atoms with Crippen molar-refractivity contribution in [3.63, 3.8) is 0 Å². The van der Waals surface area contributed by atoms with Gasteiger partial charge in [0.05, 0.1) is 11.6 Å². The highest BCUT2D eigenvalue weighted by molar-refractivity contribution is 7.09. The van der Waals surface area contributed by atoms with E-state index in [2.05, 4.69) is 36.1 Å². The average molecular weight is 240 g/mol. The second-order valence-electron chi connectivity index (χ2n) is 3.95. The molecule has 0 fully saturated rings. The number of hydrogen-bond acceptors (Lipinski definition) is 3. The molecule has 1 heterocycles. The molecule has 0 aromatic carbocycles. The number of hydrogen-bond donors (Lipinski definition) is 2. The summed E-state index contributed by atoms with van der Waals surface area (Å²) in [4.78, 5) is 8.58. The van der Waals surface area contributed by atoms with Gasteiger partial charge in [0.15, 0.2) is 5.96 Å². The van der Waals surface area contributed by atoms with Crippen molar-refractivity contribution in [3.05, 3.63) is 16.6 Å². The maximum Gasteiger partial charge on any atom is 0.188 e. The van der Waals surface area contributed by atoms with Crippen LogP contribution in [0.4, 0.5) is 0 Å². The molecule has 16 heavy (non-hydrogen) atoms. The van der Waals surface area contributed by atoms with Crippen molar-refractivity contribution in [1.29, 1.82) is 0 Å². The first-order valence-electron chi connectivity index (χ1n) is 5.59. The molecule has 0 aliphatic heterocycles. The van der Waals surface area contributed by atoms with Crippen molar-refractivity contribution in [2.75, 3.05) is 6.54 Å². The molecule has 4 nitrogen and oxygen atoms in total. The summed E-state index contributed by atoms with van der Waals surface area (Å²) >= 11 is 1.66. The van der Waals surface area contributed by atoms with Gasteiger partial charge in [0, 0.05) is 23.5 Å². The lowest BCUT2D eigenvalue weighted by atomic mass is 10.2. The molecule has 0 aliphatic carbocycles. The number of nitrogens with two attached hydrogens (primary N) is 1. The molecule has 0 aliphatic rings. The lowest BCUT2D eigenvalue weighted by Crippen LogP contribution is -2.38. The Morgan fingerprint density at radius 2 is 2.38 bits per heavy atom. The van der Waals surface area contributed by atoms with E-state index in [0.717, 1.165) is 11.4 Å². The summed E-state index contributed by atoms with van der Waals surface area (Å²) in [6.07, 6.45) is 2.86. The van der Waals surface area contributed by atoms with Gasteiger partial charge >= 0.3 is 0 Å². The number of guanidine groups is 1. The van der Waals surface area contributed by atoms with E-state index in [1.54, 1.807) is 11.3 Å². The summed E-state index contributed by atoms with van der Waals surface area (Å²) in [5.74, 6) is 0.857. The highest BCUT2D eigenvalue weighted by Crippen LogP contribution is 2.17. The Labute approximate surface area is 101 Å². The first kappa shape index (κ1) is 13.0. The van der Waals surface area contributed by atoms with Crippen LogP contribution < -0.4 is 11.1 Å². The Morgan fingerprint density at radius 1 is 1.62 bits per heavy atom. The van der Waals surface area contributed by atoms with E-state index in [0.29, 0.717) is 24.5 Å². The Bertz CT molecular complexity index is 321. The topological polar surface area (TPSA) is 63.3 Å². The molecule has 3 N–H and O–H groups in total. The van der Waals surface area contributed by atoms with Gasteiger partial charge in [0.1, 0.15) is 0 Å². The average Bonchev–Trinajstić information content (AvgIpc) is 2.79. The maximum atomic E-state index is 5.77. The van der Waals surface area contributed by atoms with Crippen LogP contribution in [0.3, 0.4) is 0 Å². The van der Waals surface area contributed by atoms with E-state index in [4.69, 9.17) is 5.73 Å². The van der Waals surface area contributed by atoms with Gasteiger partial charge in [-0.05, 0) is 13.3 Å². The second-order valence-corrected chi connectivity index (χ2v) is 4.88. The molecule has 1 aromatic heterocycles. The van der Waals surface area contributed by atoms with Crippen LogP contribution in [0, 0.1) is 0 Å². The number of thiazole rings is 1. The predicted octanol–water partition coefficient (Wildman–Crippen LogP) is 1.95. The standard InChI is InChI=1S/C11H20N4S/c1-4-9(3)15-11(12)14-7-8(2)10-13-5-6-16-10/h5-6,8-9H,4,7H2,1-3H3,(H3,12,14,15). The van der Waals surface area contributed by atoms with Crippen LogP contribution in [0.25, 0.3) is 0 Å². The predicted molar refractivity (Wildman–Crippen MR) is 69.9 cm³/mol. The number of aliphatic imine (C=N–C) groups is 1. The molecule has 2 atom stereocenters. The van der Waals surface area contributed by atoms with Gasteiger partial charge < -0.3 is 11.1 Å². The van der Waals surface area contributed by atoms with Crippen LogP contribution in [-0.2, 0) is 0 Å². The molecule has 0 radical (unpaired) electrons. The minimum atomic E-state index is 0.331. The SMILES string of the molecule is CCC(C)NC(N)=NCC(C)c1nccs1. The summed E-state index contributed by atoms with van der Waals surface area (Å²) in [7, 11) is 0. The van der Waals surface area contributed by atoms with Crippen LogP contribution in [0.5, 0.6) is 0 Å². The molecule has 90 valence electrons. The number of rotatable bonds is 5.